The van der Waals surface area contributed by atoms with Crippen molar-refractivity contribution >= 4 is 31.7 Å². The number of nitriles is 1. The summed E-state index contributed by atoms with van der Waals surface area (Å²) in [6, 6.07) is 2.05. The Morgan fingerprint density at radius 3 is 2.59 bits per heavy atom. The van der Waals surface area contributed by atoms with Crippen molar-refractivity contribution in [1.82, 2.24) is 5.32 Å². The van der Waals surface area contributed by atoms with Crippen LogP contribution in [0.25, 0.3) is 0 Å². The van der Waals surface area contributed by atoms with Gasteiger partial charge < -0.3 is 5.32 Å². The standard InChI is InChI=1S/C9H15N3O2.2ClH.Zn/c1-9(2,5-4-6-10)7-12-14-8(13)11-3;;;/h7H,4-5H2,1-3H3,(H,11,13);2*1H;/q;;;+2/p-2. The number of nitrogens with one attached hydrogen (secondary N) is 1. The van der Waals surface area contributed by atoms with Crippen LogP contribution >= 0.6 is 19.4 Å². The summed E-state index contributed by atoms with van der Waals surface area (Å²) in [6.07, 6.45) is 2.07. The van der Waals surface area contributed by atoms with Gasteiger partial charge in [-0.15, -0.1) is 0 Å². The molecule has 0 aromatic rings. The second kappa shape index (κ2) is 12.1. The maximum atomic E-state index is 10.6. The molecule has 0 radical (unpaired) electrons. The molecule has 0 aliphatic heterocycles. The second-order valence-corrected chi connectivity index (χ2v) is 8.23. The van der Waals surface area contributed by atoms with E-state index in [0.717, 1.165) is 0 Å². The summed E-state index contributed by atoms with van der Waals surface area (Å²) in [5.41, 5.74) is -0.232. The van der Waals surface area contributed by atoms with Gasteiger partial charge in [0.15, 0.2) is 0 Å². The fraction of sp³-hybridized carbons (Fsp3) is 0.667. The predicted octanol–water partition coefficient (Wildman–Crippen LogP) is 3.03. The first-order valence-electron chi connectivity index (χ1n) is 4.85. The van der Waals surface area contributed by atoms with Crippen LogP contribution in [0.4, 0.5) is 4.79 Å². The van der Waals surface area contributed by atoms with E-state index in [1.165, 1.54) is 13.3 Å². The molecule has 0 heterocycles. The second-order valence-electron chi connectivity index (χ2n) is 3.61. The normalized spacial score (nSPS) is 9.65. The summed E-state index contributed by atoms with van der Waals surface area (Å²) in [7, 11) is 11.4. The molecule has 17 heavy (non-hydrogen) atoms. The van der Waals surface area contributed by atoms with Gasteiger partial charge in [-0.1, -0.05) is 19.0 Å². The van der Waals surface area contributed by atoms with Crippen LogP contribution in [-0.2, 0) is 20.0 Å². The average Bonchev–Trinajstić information content (AvgIpc) is 2.27. The molecular formula is C9H15Cl2N3O2Zn. The Labute approximate surface area is 117 Å². The fourth-order valence-corrected chi connectivity index (χ4v) is 0.705. The molecule has 0 aliphatic carbocycles. The predicted molar refractivity (Wildman–Crippen MR) is 64.4 cm³/mol. The third kappa shape index (κ3) is 15.6. The van der Waals surface area contributed by atoms with E-state index in [1.807, 2.05) is 13.8 Å². The van der Waals surface area contributed by atoms with Crippen LogP contribution < -0.4 is 5.32 Å². The van der Waals surface area contributed by atoms with Crippen LogP contribution in [0, 0.1) is 16.7 Å². The third-order valence-electron chi connectivity index (χ3n) is 1.62. The first-order valence-corrected chi connectivity index (χ1v) is 12.7. The maximum absolute atomic E-state index is 10.6. The molecule has 0 saturated carbocycles. The van der Waals surface area contributed by atoms with Crippen LogP contribution in [0.5, 0.6) is 0 Å². The molecule has 0 aliphatic rings. The number of hydrogen-bond acceptors (Lipinski definition) is 4. The molecular weight excluding hydrogens is 318 g/mol. The molecule has 0 bridgehead atoms. The molecule has 0 aromatic heterocycles. The molecule has 5 nitrogen and oxygen atoms in total. The molecule has 1 N–H and O–H groups in total. The van der Waals surface area contributed by atoms with Gasteiger partial charge in [0.05, 0.1) is 12.3 Å². The first-order chi connectivity index (χ1) is 7.93. The van der Waals surface area contributed by atoms with E-state index in [0.29, 0.717) is 12.8 Å². The van der Waals surface area contributed by atoms with Gasteiger partial charge in [-0.25, -0.2) is 4.79 Å². The van der Waals surface area contributed by atoms with E-state index in [1.54, 1.807) is 0 Å². The van der Waals surface area contributed by atoms with E-state index in [2.05, 4.69) is 21.4 Å². The zero-order valence-corrected chi connectivity index (χ0v) is 14.6. The summed E-state index contributed by atoms with van der Waals surface area (Å²) in [4.78, 5) is 15.1. The Kier molecular flexibility index (Phi) is 13.5. The van der Waals surface area contributed by atoms with Gasteiger partial charge in [0, 0.05) is 18.9 Å². The van der Waals surface area contributed by atoms with Crippen molar-refractivity contribution in [3.05, 3.63) is 0 Å². The van der Waals surface area contributed by atoms with E-state index in [9.17, 15) is 4.79 Å². The SMILES string of the molecule is CNC(=O)ON=CC(C)(C)CCC#N.[Cl][Zn][Cl]. The van der Waals surface area contributed by atoms with Crippen LogP contribution in [0.2, 0.25) is 0 Å². The van der Waals surface area contributed by atoms with Gasteiger partial charge in [-0.2, -0.15) is 5.26 Å². The Morgan fingerprint density at radius 2 is 2.18 bits per heavy atom. The van der Waals surface area contributed by atoms with Gasteiger partial charge >= 0.3 is 40.6 Å². The Balaban J connectivity index is 0. The molecule has 0 atom stereocenters. The molecule has 0 unspecified atom stereocenters. The van der Waals surface area contributed by atoms with Crippen LogP contribution in [0.15, 0.2) is 5.16 Å². The van der Waals surface area contributed by atoms with Crippen molar-refractivity contribution in [3.63, 3.8) is 0 Å². The summed E-state index contributed by atoms with van der Waals surface area (Å²) in [5.74, 6) is 0. The molecule has 0 aromatic carbocycles. The van der Waals surface area contributed by atoms with Gasteiger partial charge in [0.2, 0.25) is 0 Å². The van der Waals surface area contributed by atoms with Crippen molar-refractivity contribution < 1.29 is 24.8 Å². The number of amides is 1. The van der Waals surface area contributed by atoms with E-state index in [4.69, 9.17) is 24.6 Å². The molecule has 0 saturated heterocycles. The van der Waals surface area contributed by atoms with Crippen LogP contribution in [0.3, 0.4) is 0 Å². The molecule has 0 spiro atoms. The minimum atomic E-state index is -0.931. The third-order valence-corrected chi connectivity index (χ3v) is 1.62. The van der Waals surface area contributed by atoms with Crippen molar-refractivity contribution in [2.45, 2.75) is 26.7 Å². The van der Waals surface area contributed by atoms with Gasteiger partial charge in [0.25, 0.3) is 0 Å². The Bertz CT molecular complexity index is 280. The number of carbonyl (C=O) groups excluding carboxylic acids is 1. The monoisotopic (exact) mass is 331 g/mol. The topological polar surface area (TPSA) is 74.5 Å². The Hall–Kier alpha value is -0.367. The van der Waals surface area contributed by atoms with E-state index >= 15 is 0 Å². The number of carbonyl (C=O) groups is 1. The van der Waals surface area contributed by atoms with Crippen molar-refractivity contribution in [2.75, 3.05) is 7.05 Å². The summed E-state index contributed by atoms with van der Waals surface area (Å²) in [6.45, 7) is 3.84. The number of nitrogens with zero attached hydrogens (tertiary/aromatic N) is 2. The van der Waals surface area contributed by atoms with Crippen molar-refractivity contribution in [2.24, 2.45) is 10.6 Å². The molecule has 0 fully saturated rings. The van der Waals surface area contributed by atoms with Gasteiger partial charge in [-0.05, 0) is 6.42 Å². The minimum absolute atomic E-state index is 0.232. The zero-order chi connectivity index (χ0) is 13.7. The van der Waals surface area contributed by atoms with E-state index < -0.39 is 21.2 Å². The quantitative estimate of drug-likeness (QED) is 0.372. The van der Waals surface area contributed by atoms with Crippen LogP contribution in [0.1, 0.15) is 26.7 Å². The van der Waals surface area contributed by atoms with Crippen molar-refractivity contribution in [3.8, 4) is 6.07 Å². The average molecular weight is 334 g/mol. The van der Waals surface area contributed by atoms with Crippen molar-refractivity contribution in [1.29, 1.82) is 5.26 Å². The number of oxime groups is 1. The summed E-state index contributed by atoms with van der Waals surface area (Å²) >= 11 is -0.931. The Morgan fingerprint density at radius 1 is 1.65 bits per heavy atom. The zero-order valence-electron chi connectivity index (χ0n) is 10.2. The van der Waals surface area contributed by atoms with Crippen LogP contribution in [-0.4, -0.2) is 19.4 Å². The number of halogens is 2. The molecule has 0 rings (SSSR count). The van der Waals surface area contributed by atoms with E-state index in [-0.39, 0.29) is 5.41 Å². The summed E-state index contributed by atoms with van der Waals surface area (Å²) in [5, 5.41) is 14.2. The first kappa shape index (κ1) is 19.0. The number of rotatable bonds is 4. The molecule has 94 valence electrons. The molecule has 1 amide bonds. The fourth-order valence-electron chi connectivity index (χ4n) is 0.705. The van der Waals surface area contributed by atoms with Gasteiger partial charge in [-0.3, -0.25) is 4.84 Å². The van der Waals surface area contributed by atoms with Gasteiger partial charge in [0.1, 0.15) is 0 Å². The molecule has 8 heteroatoms. The summed E-state index contributed by atoms with van der Waals surface area (Å²) < 4.78 is 0. The number of hydrogen-bond donors (Lipinski definition) is 1.